The van der Waals surface area contributed by atoms with Crippen LogP contribution in [0.3, 0.4) is 0 Å². The zero-order valence-electron chi connectivity index (χ0n) is 14.3. The highest BCUT2D eigenvalue weighted by Gasteiger charge is 2.18. The van der Waals surface area contributed by atoms with Crippen LogP contribution in [0.2, 0.25) is 0 Å². The number of nitrogens with zero attached hydrogens (tertiary/aromatic N) is 2. The summed E-state index contributed by atoms with van der Waals surface area (Å²) in [5.41, 5.74) is 0.710. The zero-order chi connectivity index (χ0) is 19.1. The fourth-order valence-corrected chi connectivity index (χ4v) is 2.12. The van der Waals surface area contributed by atoms with Gasteiger partial charge in [-0.05, 0) is 24.6 Å². The first kappa shape index (κ1) is 18.8. The van der Waals surface area contributed by atoms with Gasteiger partial charge in [-0.25, -0.2) is 4.98 Å². The van der Waals surface area contributed by atoms with Crippen molar-refractivity contribution in [1.82, 2.24) is 15.6 Å². The average molecular weight is 358 g/mol. The molecule has 2 N–H and O–H groups in total. The van der Waals surface area contributed by atoms with E-state index >= 15 is 0 Å². The third-order valence-corrected chi connectivity index (χ3v) is 3.54. The summed E-state index contributed by atoms with van der Waals surface area (Å²) < 4.78 is 5.01. The topological polar surface area (TPSA) is 123 Å². The maximum atomic E-state index is 12.2. The molecule has 9 heteroatoms. The fraction of sp³-hybridized carbons (Fsp3) is 0.235. The Kier molecular flexibility index (Phi) is 6.20. The van der Waals surface area contributed by atoms with Crippen molar-refractivity contribution >= 4 is 17.5 Å². The molecule has 2 amide bonds. The van der Waals surface area contributed by atoms with Crippen molar-refractivity contribution in [3.63, 3.8) is 0 Å². The van der Waals surface area contributed by atoms with Gasteiger partial charge in [-0.3, -0.25) is 19.7 Å². The number of carbonyl (C=O) groups excluding carboxylic acids is 2. The number of rotatable bonds is 7. The number of ether oxygens (including phenoxy) is 1. The van der Waals surface area contributed by atoms with Gasteiger partial charge in [0.25, 0.3) is 11.6 Å². The van der Waals surface area contributed by atoms with Gasteiger partial charge in [0.1, 0.15) is 6.04 Å². The molecule has 2 aromatic rings. The van der Waals surface area contributed by atoms with Gasteiger partial charge in [0.05, 0.1) is 12.0 Å². The molecule has 0 aliphatic heterocycles. The number of nitro groups is 1. The lowest BCUT2D eigenvalue weighted by atomic mass is 10.1. The number of hydrogen-bond donors (Lipinski definition) is 2. The predicted octanol–water partition coefficient (Wildman–Crippen LogP) is 1.43. The fourth-order valence-electron chi connectivity index (χ4n) is 2.12. The van der Waals surface area contributed by atoms with Gasteiger partial charge in [-0.2, -0.15) is 0 Å². The first-order valence-electron chi connectivity index (χ1n) is 7.72. The van der Waals surface area contributed by atoms with Gasteiger partial charge in [0.15, 0.2) is 0 Å². The molecule has 1 atom stereocenters. The quantitative estimate of drug-likeness (QED) is 0.570. The number of benzene rings is 1. The molecule has 1 aromatic carbocycles. The van der Waals surface area contributed by atoms with Crippen molar-refractivity contribution in [1.29, 1.82) is 0 Å². The zero-order valence-corrected chi connectivity index (χ0v) is 14.3. The monoisotopic (exact) mass is 358 g/mol. The lowest BCUT2D eigenvalue weighted by Crippen LogP contribution is -2.44. The van der Waals surface area contributed by atoms with Gasteiger partial charge in [-0.1, -0.05) is 6.07 Å². The largest absolute Gasteiger partial charge is 0.481 e. The van der Waals surface area contributed by atoms with Gasteiger partial charge in [-0.15, -0.1) is 0 Å². The molecule has 2 rings (SSSR count). The summed E-state index contributed by atoms with van der Waals surface area (Å²) in [6.45, 7) is 1.77. The van der Waals surface area contributed by atoms with Crippen LogP contribution in [-0.2, 0) is 11.3 Å². The Balaban J connectivity index is 1.92. The summed E-state index contributed by atoms with van der Waals surface area (Å²) >= 11 is 0. The first-order chi connectivity index (χ1) is 12.4. The van der Waals surface area contributed by atoms with Crippen LogP contribution in [0.25, 0.3) is 0 Å². The van der Waals surface area contributed by atoms with Crippen molar-refractivity contribution in [2.45, 2.75) is 19.5 Å². The summed E-state index contributed by atoms with van der Waals surface area (Å²) in [5, 5.41) is 16.0. The van der Waals surface area contributed by atoms with Crippen LogP contribution >= 0.6 is 0 Å². The molecule has 0 aliphatic carbocycles. The second-order valence-electron chi connectivity index (χ2n) is 5.43. The molecule has 26 heavy (non-hydrogen) atoms. The summed E-state index contributed by atoms with van der Waals surface area (Å²) in [4.78, 5) is 38.4. The van der Waals surface area contributed by atoms with Crippen molar-refractivity contribution in [3.05, 3.63) is 63.8 Å². The van der Waals surface area contributed by atoms with E-state index < -0.39 is 16.9 Å². The maximum absolute atomic E-state index is 12.2. The molecule has 0 spiro atoms. The molecule has 0 radical (unpaired) electrons. The number of hydrogen-bond acceptors (Lipinski definition) is 6. The van der Waals surface area contributed by atoms with Crippen LogP contribution in [0.4, 0.5) is 5.69 Å². The van der Waals surface area contributed by atoms with E-state index in [2.05, 4.69) is 15.6 Å². The van der Waals surface area contributed by atoms with Crippen molar-refractivity contribution in [2.24, 2.45) is 0 Å². The minimum absolute atomic E-state index is 0.109. The normalized spacial score (nSPS) is 11.3. The second-order valence-corrected chi connectivity index (χ2v) is 5.43. The number of aromatic nitrogens is 1. The minimum Gasteiger partial charge on any atom is -0.481 e. The molecule has 0 saturated carbocycles. The Hall–Kier alpha value is -3.49. The Labute approximate surface area is 149 Å². The number of nitrogens with one attached hydrogen (secondary N) is 2. The number of amides is 2. The van der Waals surface area contributed by atoms with Crippen LogP contribution in [0.5, 0.6) is 5.88 Å². The number of carbonyl (C=O) groups is 2. The number of nitro benzene ring substituents is 1. The summed E-state index contributed by atoms with van der Waals surface area (Å²) in [6, 6.07) is 7.90. The van der Waals surface area contributed by atoms with E-state index in [0.717, 1.165) is 11.6 Å². The van der Waals surface area contributed by atoms with E-state index in [1.807, 2.05) is 0 Å². The highest BCUT2D eigenvalue weighted by atomic mass is 16.6. The molecule has 0 aliphatic rings. The first-order valence-corrected chi connectivity index (χ1v) is 7.72. The SMILES string of the molecule is COc1cc(CNC(=O)C(C)NC(=O)c2cccc([N+](=O)[O-])c2)ccn1. The van der Waals surface area contributed by atoms with Crippen molar-refractivity contribution in [2.75, 3.05) is 7.11 Å². The van der Waals surface area contributed by atoms with Gasteiger partial charge >= 0.3 is 0 Å². The van der Waals surface area contributed by atoms with Crippen LogP contribution in [0, 0.1) is 10.1 Å². The third kappa shape index (κ3) is 5.00. The summed E-state index contributed by atoms with van der Waals surface area (Å²) in [5.74, 6) is -0.523. The second kappa shape index (κ2) is 8.56. The Morgan fingerprint density at radius 2 is 2.08 bits per heavy atom. The van der Waals surface area contributed by atoms with Crippen molar-refractivity contribution < 1.29 is 19.2 Å². The molecule has 1 heterocycles. The highest BCUT2D eigenvalue weighted by molar-refractivity contribution is 5.97. The Morgan fingerprint density at radius 1 is 1.31 bits per heavy atom. The summed E-state index contributed by atoms with van der Waals surface area (Å²) in [6.07, 6.45) is 1.56. The Morgan fingerprint density at radius 3 is 2.77 bits per heavy atom. The lowest BCUT2D eigenvalue weighted by Gasteiger charge is -2.14. The van der Waals surface area contributed by atoms with Gasteiger partial charge in [0, 0.05) is 36.5 Å². The molecule has 1 unspecified atom stereocenters. The molecule has 0 bridgehead atoms. The lowest BCUT2D eigenvalue weighted by molar-refractivity contribution is -0.384. The van der Waals surface area contributed by atoms with E-state index in [4.69, 9.17) is 4.74 Å². The Bertz CT molecular complexity index is 824. The number of non-ortho nitro benzene ring substituents is 1. The van der Waals surface area contributed by atoms with Crippen LogP contribution < -0.4 is 15.4 Å². The van der Waals surface area contributed by atoms with Crippen molar-refractivity contribution in [3.8, 4) is 5.88 Å². The highest BCUT2D eigenvalue weighted by Crippen LogP contribution is 2.13. The third-order valence-electron chi connectivity index (χ3n) is 3.54. The molecule has 136 valence electrons. The molecular formula is C17H18N4O5. The van der Waals surface area contributed by atoms with Crippen LogP contribution in [0.1, 0.15) is 22.8 Å². The molecule has 0 fully saturated rings. The molecule has 9 nitrogen and oxygen atoms in total. The van der Waals surface area contributed by atoms with E-state index in [1.54, 1.807) is 18.3 Å². The van der Waals surface area contributed by atoms with Gasteiger partial charge < -0.3 is 15.4 Å². The molecule has 0 saturated heterocycles. The average Bonchev–Trinajstić information content (AvgIpc) is 2.66. The smallest absolute Gasteiger partial charge is 0.270 e. The van der Waals surface area contributed by atoms with Crippen LogP contribution in [0.15, 0.2) is 42.6 Å². The standard InChI is InChI=1S/C17H18N4O5/c1-11(16(22)19-10-12-6-7-18-15(8-12)26-2)20-17(23)13-4-3-5-14(9-13)21(24)25/h3-9,11H,10H2,1-2H3,(H,19,22)(H,20,23). The van der Waals surface area contributed by atoms with E-state index in [-0.39, 0.29) is 23.7 Å². The molecular weight excluding hydrogens is 340 g/mol. The van der Waals surface area contributed by atoms with E-state index in [1.165, 1.54) is 32.2 Å². The van der Waals surface area contributed by atoms with E-state index in [0.29, 0.717) is 5.88 Å². The summed E-state index contributed by atoms with van der Waals surface area (Å²) in [7, 11) is 1.50. The molecule has 1 aromatic heterocycles. The van der Waals surface area contributed by atoms with E-state index in [9.17, 15) is 19.7 Å². The van der Waals surface area contributed by atoms with Crippen LogP contribution in [-0.4, -0.2) is 34.9 Å². The number of pyridine rings is 1. The minimum atomic E-state index is -0.814. The van der Waals surface area contributed by atoms with Gasteiger partial charge in [0.2, 0.25) is 11.8 Å². The predicted molar refractivity (Wildman–Crippen MR) is 92.7 cm³/mol. The maximum Gasteiger partial charge on any atom is 0.270 e. The number of methoxy groups -OCH3 is 1.